The van der Waals surface area contributed by atoms with Crippen LogP contribution in [0.15, 0.2) is 18.2 Å². The number of Topliss-reactive ketones (excluding diaryl/α,β-unsaturated/α-hetero) is 1. The standard InChI is InChI=1S/C20H25NO3/c1-24-17-7-8-18-13(12-17)6-3-9-21(18)20(23)16-10-14-4-2-5-15(11-16)19(14)22/h7-8,12,14-16H,2-6,9-11H2,1H3. The Morgan fingerprint density at radius 3 is 2.62 bits per heavy atom. The summed E-state index contributed by atoms with van der Waals surface area (Å²) in [5, 5.41) is 0. The summed E-state index contributed by atoms with van der Waals surface area (Å²) >= 11 is 0. The zero-order valence-electron chi connectivity index (χ0n) is 14.3. The Hall–Kier alpha value is -1.84. The second kappa shape index (κ2) is 6.23. The van der Waals surface area contributed by atoms with E-state index in [4.69, 9.17) is 4.74 Å². The number of carbonyl (C=O) groups excluding carboxylic acids is 2. The number of amides is 1. The van der Waals surface area contributed by atoms with Gasteiger partial charge < -0.3 is 9.64 Å². The second-order valence-corrected chi connectivity index (χ2v) is 7.48. The summed E-state index contributed by atoms with van der Waals surface area (Å²) < 4.78 is 5.31. The monoisotopic (exact) mass is 327 g/mol. The lowest BCUT2D eigenvalue weighted by Crippen LogP contribution is -2.45. The first kappa shape index (κ1) is 15.7. The molecule has 2 unspecified atom stereocenters. The summed E-state index contributed by atoms with van der Waals surface area (Å²) in [4.78, 5) is 27.4. The third-order valence-corrected chi connectivity index (χ3v) is 6.07. The van der Waals surface area contributed by atoms with Crippen LogP contribution in [-0.2, 0) is 16.0 Å². The molecule has 4 heteroatoms. The zero-order valence-corrected chi connectivity index (χ0v) is 14.3. The smallest absolute Gasteiger partial charge is 0.230 e. The number of nitrogens with zero attached hydrogens (tertiary/aromatic N) is 1. The summed E-state index contributed by atoms with van der Waals surface area (Å²) in [7, 11) is 1.67. The summed E-state index contributed by atoms with van der Waals surface area (Å²) in [6.45, 7) is 0.790. The number of ether oxygens (including phenoxy) is 1. The SMILES string of the molecule is COc1ccc2c(c1)CCCN2C(=O)C1CC2CCCC(C1)C2=O. The van der Waals surface area contributed by atoms with E-state index in [1.54, 1.807) is 7.11 Å². The molecule has 3 aliphatic rings. The van der Waals surface area contributed by atoms with Gasteiger partial charge in [0.15, 0.2) is 0 Å². The van der Waals surface area contributed by atoms with Crippen LogP contribution in [0.2, 0.25) is 0 Å². The highest BCUT2D eigenvalue weighted by atomic mass is 16.5. The van der Waals surface area contributed by atoms with Crippen molar-refractivity contribution in [3.8, 4) is 5.75 Å². The van der Waals surface area contributed by atoms with Crippen molar-refractivity contribution in [2.45, 2.75) is 44.9 Å². The first-order chi connectivity index (χ1) is 11.7. The van der Waals surface area contributed by atoms with Gasteiger partial charge in [0.25, 0.3) is 0 Å². The molecule has 2 atom stereocenters. The quantitative estimate of drug-likeness (QED) is 0.837. The van der Waals surface area contributed by atoms with Crippen molar-refractivity contribution in [3.63, 3.8) is 0 Å². The maximum Gasteiger partial charge on any atom is 0.230 e. The third kappa shape index (κ3) is 2.62. The highest BCUT2D eigenvalue weighted by molar-refractivity contribution is 5.98. The van der Waals surface area contributed by atoms with E-state index in [1.165, 1.54) is 5.56 Å². The number of anilines is 1. The average molecular weight is 327 g/mol. The predicted octanol–water partition coefficient (Wildman–Crippen LogP) is 3.37. The molecule has 4 rings (SSSR count). The molecule has 1 amide bonds. The van der Waals surface area contributed by atoms with Gasteiger partial charge in [-0.2, -0.15) is 0 Å². The van der Waals surface area contributed by atoms with Gasteiger partial charge in [-0.25, -0.2) is 0 Å². The molecular weight excluding hydrogens is 302 g/mol. The summed E-state index contributed by atoms with van der Waals surface area (Å²) in [5.41, 5.74) is 2.23. The Kier molecular flexibility index (Phi) is 4.07. The molecule has 0 aromatic heterocycles. The van der Waals surface area contributed by atoms with Crippen molar-refractivity contribution in [3.05, 3.63) is 23.8 Å². The second-order valence-electron chi connectivity index (χ2n) is 7.48. The van der Waals surface area contributed by atoms with Crippen LogP contribution in [0.4, 0.5) is 5.69 Å². The van der Waals surface area contributed by atoms with E-state index in [2.05, 4.69) is 0 Å². The van der Waals surface area contributed by atoms with Gasteiger partial charge in [0.2, 0.25) is 5.91 Å². The third-order valence-electron chi connectivity index (χ3n) is 6.07. The Labute approximate surface area is 143 Å². The van der Waals surface area contributed by atoms with Crippen LogP contribution in [0.3, 0.4) is 0 Å². The molecule has 2 fully saturated rings. The fourth-order valence-electron chi connectivity index (χ4n) is 4.83. The lowest BCUT2D eigenvalue weighted by molar-refractivity contribution is -0.136. The number of benzene rings is 1. The largest absolute Gasteiger partial charge is 0.497 e. The lowest BCUT2D eigenvalue weighted by Gasteiger charge is -2.40. The van der Waals surface area contributed by atoms with Gasteiger partial charge in [0, 0.05) is 30.0 Å². The fraction of sp³-hybridized carbons (Fsp3) is 0.600. The fourth-order valence-corrected chi connectivity index (χ4v) is 4.83. The normalized spacial score (nSPS) is 29.1. The number of ketones is 1. The van der Waals surface area contributed by atoms with Gasteiger partial charge in [-0.05, 0) is 62.3 Å². The summed E-state index contributed by atoms with van der Waals surface area (Å²) in [6.07, 6.45) is 6.61. The number of hydrogen-bond acceptors (Lipinski definition) is 3. The summed E-state index contributed by atoms with van der Waals surface area (Å²) in [6, 6.07) is 6.00. The molecule has 1 heterocycles. The molecule has 0 N–H and O–H groups in total. The molecule has 1 aliphatic heterocycles. The molecule has 0 saturated heterocycles. The van der Waals surface area contributed by atoms with E-state index in [0.717, 1.165) is 62.9 Å². The molecule has 2 bridgehead atoms. The van der Waals surface area contributed by atoms with Crippen molar-refractivity contribution < 1.29 is 14.3 Å². The van der Waals surface area contributed by atoms with Gasteiger partial charge in [-0.3, -0.25) is 9.59 Å². The first-order valence-corrected chi connectivity index (χ1v) is 9.19. The van der Waals surface area contributed by atoms with Crippen molar-refractivity contribution in [2.75, 3.05) is 18.6 Å². The molecule has 2 aliphatic carbocycles. The van der Waals surface area contributed by atoms with Gasteiger partial charge in [-0.1, -0.05) is 6.42 Å². The zero-order chi connectivity index (χ0) is 16.7. The van der Waals surface area contributed by atoms with Gasteiger partial charge in [-0.15, -0.1) is 0 Å². The van der Waals surface area contributed by atoms with Gasteiger partial charge in [0.05, 0.1) is 7.11 Å². The van der Waals surface area contributed by atoms with E-state index in [9.17, 15) is 9.59 Å². The first-order valence-electron chi connectivity index (χ1n) is 9.19. The average Bonchev–Trinajstić information content (AvgIpc) is 2.60. The van der Waals surface area contributed by atoms with Crippen LogP contribution in [0.5, 0.6) is 5.75 Å². The molecule has 1 aromatic carbocycles. The van der Waals surface area contributed by atoms with Crippen molar-refractivity contribution in [2.24, 2.45) is 17.8 Å². The van der Waals surface area contributed by atoms with E-state index in [1.807, 2.05) is 23.1 Å². The van der Waals surface area contributed by atoms with Crippen LogP contribution in [0.25, 0.3) is 0 Å². The molecular formula is C20H25NO3. The molecule has 24 heavy (non-hydrogen) atoms. The number of carbonyl (C=O) groups is 2. The number of hydrogen-bond donors (Lipinski definition) is 0. The van der Waals surface area contributed by atoms with Crippen LogP contribution in [-0.4, -0.2) is 25.3 Å². The van der Waals surface area contributed by atoms with Crippen LogP contribution in [0.1, 0.15) is 44.1 Å². The van der Waals surface area contributed by atoms with Crippen molar-refractivity contribution in [1.82, 2.24) is 0 Å². The van der Waals surface area contributed by atoms with Crippen molar-refractivity contribution >= 4 is 17.4 Å². The molecule has 128 valence electrons. The number of fused-ring (bicyclic) bond motifs is 3. The Bertz CT molecular complexity index is 653. The molecule has 1 aromatic rings. The highest BCUT2D eigenvalue weighted by Crippen LogP contribution is 2.42. The van der Waals surface area contributed by atoms with E-state index in [-0.39, 0.29) is 23.7 Å². The Morgan fingerprint density at radius 2 is 1.92 bits per heavy atom. The van der Waals surface area contributed by atoms with E-state index < -0.39 is 0 Å². The van der Waals surface area contributed by atoms with Gasteiger partial charge >= 0.3 is 0 Å². The van der Waals surface area contributed by atoms with Crippen LogP contribution in [0, 0.1) is 17.8 Å². The molecule has 0 radical (unpaired) electrons. The maximum atomic E-state index is 13.2. The van der Waals surface area contributed by atoms with Crippen molar-refractivity contribution in [1.29, 1.82) is 0 Å². The minimum atomic E-state index is 0.0195. The van der Waals surface area contributed by atoms with E-state index >= 15 is 0 Å². The Balaban J connectivity index is 1.57. The predicted molar refractivity (Wildman–Crippen MR) is 92.2 cm³/mol. The summed E-state index contributed by atoms with van der Waals surface area (Å²) in [5.74, 6) is 1.78. The number of rotatable bonds is 2. The Morgan fingerprint density at radius 1 is 1.17 bits per heavy atom. The minimum Gasteiger partial charge on any atom is -0.497 e. The lowest BCUT2D eigenvalue weighted by atomic mass is 9.67. The molecule has 0 spiro atoms. The van der Waals surface area contributed by atoms with Crippen LogP contribution < -0.4 is 9.64 Å². The van der Waals surface area contributed by atoms with Crippen LogP contribution >= 0.6 is 0 Å². The maximum absolute atomic E-state index is 13.2. The molecule has 4 nitrogen and oxygen atoms in total. The number of aryl methyl sites for hydroxylation is 1. The highest BCUT2D eigenvalue weighted by Gasteiger charge is 2.42. The molecule has 2 saturated carbocycles. The topological polar surface area (TPSA) is 46.6 Å². The van der Waals surface area contributed by atoms with Gasteiger partial charge in [0.1, 0.15) is 11.5 Å². The number of methoxy groups -OCH3 is 1. The minimum absolute atomic E-state index is 0.0195. The van der Waals surface area contributed by atoms with E-state index in [0.29, 0.717) is 5.78 Å².